The first kappa shape index (κ1) is 15.1. The van der Waals surface area contributed by atoms with Gasteiger partial charge in [-0.25, -0.2) is 0 Å². The van der Waals surface area contributed by atoms with E-state index >= 15 is 0 Å². The van der Waals surface area contributed by atoms with Crippen molar-refractivity contribution in [2.24, 2.45) is 0 Å². The molecule has 1 atom stereocenters. The standard InChI is InChI=1S/C15H13Br3OS/c1-15(2)7-9-5-8(3-4-11(9)19-15)13(17)10-6-12(16)20-14(10)18/h3-6,13H,7H2,1-2H3. The molecule has 0 saturated carbocycles. The maximum absolute atomic E-state index is 5.93. The van der Waals surface area contributed by atoms with E-state index < -0.39 is 0 Å². The van der Waals surface area contributed by atoms with E-state index in [-0.39, 0.29) is 10.4 Å². The molecule has 1 aliphatic heterocycles. The molecule has 2 aromatic rings. The highest BCUT2D eigenvalue weighted by Crippen LogP contribution is 2.44. The third-order valence-corrected chi connectivity index (χ3v) is 6.74. The van der Waals surface area contributed by atoms with Gasteiger partial charge >= 0.3 is 0 Å². The monoisotopic (exact) mass is 478 g/mol. The van der Waals surface area contributed by atoms with Crippen molar-refractivity contribution in [1.82, 2.24) is 0 Å². The predicted molar refractivity (Wildman–Crippen MR) is 95.3 cm³/mol. The van der Waals surface area contributed by atoms with Gasteiger partial charge in [0.25, 0.3) is 0 Å². The summed E-state index contributed by atoms with van der Waals surface area (Å²) in [5, 5.41) is 0. The van der Waals surface area contributed by atoms with E-state index in [2.05, 4.69) is 85.9 Å². The normalized spacial score (nSPS) is 17.6. The first-order valence-electron chi connectivity index (χ1n) is 6.26. The van der Waals surface area contributed by atoms with Crippen LogP contribution in [0.3, 0.4) is 0 Å². The zero-order valence-electron chi connectivity index (χ0n) is 11.0. The first-order chi connectivity index (χ1) is 9.35. The molecule has 1 aliphatic rings. The molecule has 1 unspecified atom stereocenters. The van der Waals surface area contributed by atoms with Gasteiger partial charge < -0.3 is 4.74 Å². The summed E-state index contributed by atoms with van der Waals surface area (Å²) in [6.45, 7) is 4.26. The van der Waals surface area contributed by atoms with Gasteiger partial charge in [0, 0.05) is 6.42 Å². The average Bonchev–Trinajstić information content (AvgIpc) is 2.84. The van der Waals surface area contributed by atoms with Gasteiger partial charge in [0.05, 0.1) is 12.4 Å². The highest BCUT2D eigenvalue weighted by Gasteiger charge is 2.30. The van der Waals surface area contributed by atoms with Crippen LogP contribution in [-0.2, 0) is 6.42 Å². The molecule has 106 valence electrons. The van der Waals surface area contributed by atoms with Crippen molar-refractivity contribution in [1.29, 1.82) is 0 Å². The fourth-order valence-electron chi connectivity index (χ4n) is 2.49. The molecule has 3 rings (SSSR count). The van der Waals surface area contributed by atoms with Gasteiger partial charge in [-0.15, -0.1) is 11.3 Å². The number of alkyl halides is 1. The van der Waals surface area contributed by atoms with Crippen LogP contribution in [0, 0.1) is 0 Å². The predicted octanol–water partition coefficient (Wildman–Crippen LogP) is 6.47. The lowest BCUT2D eigenvalue weighted by Crippen LogP contribution is -2.24. The second-order valence-electron chi connectivity index (χ2n) is 5.55. The van der Waals surface area contributed by atoms with Gasteiger partial charge in [-0.05, 0) is 74.5 Å². The lowest BCUT2D eigenvalue weighted by molar-refractivity contribution is 0.138. The fraction of sp³-hybridized carbons (Fsp3) is 0.333. The highest BCUT2D eigenvalue weighted by atomic mass is 79.9. The van der Waals surface area contributed by atoms with Crippen LogP contribution in [0.25, 0.3) is 0 Å². The Hall–Kier alpha value is 0.160. The first-order valence-corrected chi connectivity index (χ1v) is 9.58. The summed E-state index contributed by atoms with van der Waals surface area (Å²) < 4.78 is 8.22. The third kappa shape index (κ3) is 2.87. The molecule has 0 amide bonds. The fourth-order valence-corrected chi connectivity index (χ4v) is 6.50. The van der Waals surface area contributed by atoms with E-state index in [9.17, 15) is 0 Å². The van der Waals surface area contributed by atoms with Gasteiger partial charge in [0.1, 0.15) is 11.4 Å². The number of hydrogen-bond donors (Lipinski definition) is 0. The Morgan fingerprint density at radius 1 is 1.25 bits per heavy atom. The van der Waals surface area contributed by atoms with E-state index in [1.165, 1.54) is 16.7 Å². The van der Waals surface area contributed by atoms with Crippen molar-refractivity contribution in [3.63, 3.8) is 0 Å². The van der Waals surface area contributed by atoms with Crippen molar-refractivity contribution in [3.8, 4) is 5.75 Å². The number of ether oxygens (including phenoxy) is 1. The van der Waals surface area contributed by atoms with Crippen LogP contribution in [0.15, 0.2) is 31.8 Å². The summed E-state index contributed by atoms with van der Waals surface area (Å²) in [6, 6.07) is 8.63. The molecule has 0 fully saturated rings. The number of rotatable bonds is 2. The smallest absolute Gasteiger partial charge is 0.123 e. The summed E-state index contributed by atoms with van der Waals surface area (Å²) in [5.74, 6) is 1.02. The number of thiophene rings is 1. The topological polar surface area (TPSA) is 9.23 Å². The zero-order valence-corrected chi connectivity index (χ0v) is 16.6. The van der Waals surface area contributed by atoms with E-state index in [1.54, 1.807) is 11.3 Å². The Morgan fingerprint density at radius 2 is 2.00 bits per heavy atom. The molecule has 0 N–H and O–H groups in total. The van der Waals surface area contributed by atoms with Crippen LogP contribution in [0.1, 0.15) is 35.4 Å². The molecule has 0 aliphatic carbocycles. The molecule has 20 heavy (non-hydrogen) atoms. The Labute approximate surface area is 148 Å². The van der Waals surface area contributed by atoms with Crippen molar-refractivity contribution >= 4 is 59.1 Å². The van der Waals surface area contributed by atoms with Crippen LogP contribution in [0.2, 0.25) is 0 Å². The number of halogens is 3. The van der Waals surface area contributed by atoms with Gasteiger partial charge in [0.15, 0.2) is 0 Å². The van der Waals surface area contributed by atoms with Crippen LogP contribution >= 0.6 is 59.1 Å². The Morgan fingerprint density at radius 3 is 2.65 bits per heavy atom. The molecule has 1 aromatic carbocycles. The number of hydrogen-bond acceptors (Lipinski definition) is 2. The molecular formula is C15H13Br3OS. The van der Waals surface area contributed by atoms with E-state index in [0.29, 0.717) is 0 Å². The third-order valence-electron chi connectivity index (χ3n) is 3.34. The Bertz CT molecular complexity index is 663. The van der Waals surface area contributed by atoms with Crippen molar-refractivity contribution < 1.29 is 4.74 Å². The van der Waals surface area contributed by atoms with Gasteiger partial charge in [0.2, 0.25) is 0 Å². The van der Waals surface area contributed by atoms with Gasteiger partial charge in [-0.2, -0.15) is 0 Å². The number of benzene rings is 1. The molecule has 0 saturated heterocycles. The summed E-state index contributed by atoms with van der Waals surface area (Å²) >= 11 is 12.7. The van der Waals surface area contributed by atoms with E-state index in [0.717, 1.165) is 19.7 Å². The van der Waals surface area contributed by atoms with Crippen molar-refractivity contribution in [3.05, 3.63) is 48.5 Å². The van der Waals surface area contributed by atoms with Crippen molar-refractivity contribution in [2.45, 2.75) is 30.7 Å². The van der Waals surface area contributed by atoms with Crippen LogP contribution < -0.4 is 4.74 Å². The van der Waals surface area contributed by atoms with E-state index in [4.69, 9.17) is 4.74 Å². The molecule has 1 nitrogen and oxygen atoms in total. The second-order valence-corrected chi connectivity index (χ2v) is 10.2. The maximum Gasteiger partial charge on any atom is 0.123 e. The second kappa shape index (κ2) is 5.41. The maximum atomic E-state index is 5.93. The van der Waals surface area contributed by atoms with Crippen LogP contribution in [0.5, 0.6) is 5.75 Å². The minimum absolute atomic E-state index is 0.0885. The minimum atomic E-state index is -0.0885. The quantitative estimate of drug-likeness (QED) is 0.447. The van der Waals surface area contributed by atoms with Crippen LogP contribution in [0.4, 0.5) is 0 Å². The summed E-state index contributed by atoms with van der Waals surface area (Å²) in [5.41, 5.74) is 3.72. The largest absolute Gasteiger partial charge is 0.487 e. The summed E-state index contributed by atoms with van der Waals surface area (Å²) in [7, 11) is 0. The Balaban J connectivity index is 1.95. The SMILES string of the molecule is CC1(C)Cc2cc(C(Br)c3cc(Br)sc3Br)ccc2O1. The molecule has 5 heteroatoms. The lowest BCUT2D eigenvalue weighted by atomic mass is 9.98. The van der Waals surface area contributed by atoms with Gasteiger partial charge in [-0.1, -0.05) is 28.1 Å². The molecule has 2 heterocycles. The molecule has 0 spiro atoms. The zero-order chi connectivity index (χ0) is 14.5. The number of fused-ring (bicyclic) bond motifs is 1. The molecular weight excluding hydrogens is 468 g/mol. The van der Waals surface area contributed by atoms with Crippen LogP contribution in [-0.4, -0.2) is 5.60 Å². The highest BCUT2D eigenvalue weighted by molar-refractivity contribution is 9.12. The summed E-state index contributed by atoms with van der Waals surface area (Å²) in [4.78, 5) is 0.188. The Kier molecular flexibility index (Phi) is 4.08. The molecule has 0 radical (unpaired) electrons. The van der Waals surface area contributed by atoms with E-state index in [1.807, 2.05) is 0 Å². The minimum Gasteiger partial charge on any atom is -0.487 e. The molecule has 1 aromatic heterocycles. The molecule has 0 bridgehead atoms. The summed E-state index contributed by atoms with van der Waals surface area (Å²) in [6.07, 6.45) is 0.963. The lowest BCUT2D eigenvalue weighted by Gasteiger charge is -2.16. The van der Waals surface area contributed by atoms with Crippen molar-refractivity contribution in [2.75, 3.05) is 0 Å². The van der Waals surface area contributed by atoms with Gasteiger partial charge in [-0.3, -0.25) is 0 Å². The average molecular weight is 481 g/mol.